The number of nitrogens with one attached hydrogen (secondary N) is 2. The fourth-order valence-electron chi connectivity index (χ4n) is 3.40. The van der Waals surface area contributed by atoms with E-state index >= 15 is 0 Å². The molecule has 0 radical (unpaired) electrons. The molecule has 114 valence electrons. The molecule has 1 atom stereocenters. The highest BCUT2D eigenvalue weighted by Gasteiger charge is 2.41. The van der Waals surface area contributed by atoms with Crippen molar-refractivity contribution in [2.24, 2.45) is 0 Å². The van der Waals surface area contributed by atoms with Crippen LogP contribution in [0, 0.1) is 0 Å². The van der Waals surface area contributed by atoms with Crippen LogP contribution in [0.15, 0.2) is 18.2 Å². The number of piperidine rings is 1. The Bertz CT molecular complexity index is 540. The number of aromatic hydroxyl groups is 1. The van der Waals surface area contributed by atoms with Crippen molar-refractivity contribution in [3.05, 3.63) is 23.8 Å². The predicted molar refractivity (Wildman–Crippen MR) is 79.7 cm³/mol. The van der Waals surface area contributed by atoms with Crippen molar-refractivity contribution in [3.63, 3.8) is 0 Å². The number of carbonyl (C=O) groups is 1. The lowest BCUT2D eigenvalue weighted by Crippen LogP contribution is -2.59. The fraction of sp³-hybridized carbons (Fsp3) is 0.562. The number of hydrogen-bond donors (Lipinski definition) is 3. The van der Waals surface area contributed by atoms with E-state index in [-0.39, 0.29) is 28.8 Å². The number of rotatable bonds is 3. The van der Waals surface area contributed by atoms with Crippen LogP contribution < -0.4 is 15.4 Å². The van der Waals surface area contributed by atoms with Gasteiger partial charge in [-0.1, -0.05) is 6.07 Å². The summed E-state index contributed by atoms with van der Waals surface area (Å²) >= 11 is 0. The zero-order valence-electron chi connectivity index (χ0n) is 12.3. The molecule has 1 aromatic carbocycles. The van der Waals surface area contributed by atoms with Gasteiger partial charge in [0.2, 0.25) is 0 Å². The number of hydrogen-bond acceptors (Lipinski definition) is 4. The van der Waals surface area contributed by atoms with Gasteiger partial charge in [0.05, 0.1) is 12.7 Å². The van der Waals surface area contributed by atoms with Gasteiger partial charge < -0.3 is 20.5 Å². The molecule has 1 saturated heterocycles. The second kappa shape index (κ2) is 5.56. The summed E-state index contributed by atoms with van der Waals surface area (Å²) in [7, 11) is 1.48. The van der Waals surface area contributed by atoms with Gasteiger partial charge in [0.1, 0.15) is 0 Å². The third kappa shape index (κ3) is 2.70. The van der Waals surface area contributed by atoms with Gasteiger partial charge in [-0.3, -0.25) is 4.79 Å². The Hall–Kier alpha value is -1.75. The molecule has 5 nitrogen and oxygen atoms in total. The molecule has 1 unspecified atom stereocenters. The minimum absolute atomic E-state index is 0.0928. The molecule has 1 spiro atoms. The predicted octanol–water partition coefficient (Wildman–Crippen LogP) is 1.81. The number of phenolic OH excluding ortho intramolecular Hbond substituents is 1. The van der Waals surface area contributed by atoms with Crippen molar-refractivity contribution >= 4 is 5.91 Å². The van der Waals surface area contributed by atoms with Crippen LogP contribution in [0.25, 0.3) is 0 Å². The summed E-state index contributed by atoms with van der Waals surface area (Å²) in [5, 5.41) is 16.7. The molecule has 1 aliphatic carbocycles. The highest BCUT2D eigenvalue weighted by molar-refractivity contribution is 5.97. The van der Waals surface area contributed by atoms with E-state index in [1.165, 1.54) is 26.4 Å². The van der Waals surface area contributed by atoms with Crippen LogP contribution >= 0.6 is 0 Å². The minimum atomic E-state index is -0.229. The van der Waals surface area contributed by atoms with E-state index in [2.05, 4.69) is 10.6 Å². The molecule has 1 aliphatic heterocycles. The van der Waals surface area contributed by atoms with Gasteiger partial charge in [-0.15, -0.1) is 0 Å². The molecule has 2 aliphatic rings. The quantitative estimate of drug-likeness (QED) is 0.794. The number of amides is 1. The number of phenols is 1. The smallest absolute Gasteiger partial charge is 0.255 e. The molecular weight excluding hydrogens is 268 g/mol. The van der Waals surface area contributed by atoms with Gasteiger partial charge in [-0.25, -0.2) is 0 Å². The van der Waals surface area contributed by atoms with Crippen molar-refractivity contribution < 1.29 is 14.6 Å². The summed E-state index contributed by atoms with van der Waals surface area (Å²) in [6, 6.07) is 5.14. The first-order valence-electron chi connectivity index (χ1n) is 7.55. The first kappa shape index (κ1) is 14.2. The van der Waals surface area contributed by atoms with Crippen LogP contribution in [0.1, 0.15) is 42.5 Å². The molecule has 2 fully saturated rings. The minimum Gasteiger partial charge on any atom is -0.504 e. The molecule has 5 heteroatoms. The SMILES string of the molecule is COc1cccc(C(=O)NC2CCNC3(CCC3)C2)c1O. The van der Waals surface area contributed by atoms with E-state index in [1.54, 1.807) is 18.2 Å². The summed E-state index contributed by atoms with van der Waals surface area (Å²) in [5.41, 5.74) is 0.516. The van der Waals surface area contributed by atoms with E-state index in [0.717, 1.165) is 19.4 Å². The largest absolute Gasteiger partial charge is 0.504 e. The third-order valence-corrected chi connectivity index (χ3v) is 4.74. The maximum absolute atomic E-state index is 12.4. The second-order valence-electron chi connectivity index (χ2n) is 6.08. The summed E-state index contributed by atoms with van der Waals surface area (Å²) in [6.45, 7) is 0.940. The van der Waals surface area contributed by atoms with Gasteiger partial charge in [0, 0.05) is 11.6 Å². The van der Waals surface area contributed by atoms with Gasteiger partial charge in [0.25, 0.3) is 5.91 Å². The number of para-hydroxylation sites is 1. The maximum Gasteiger partial charge on any atom is 0.255 e. The summed E-state index contributed by atoms with van der Waals surface area (Å²) in [6.07, 6.45) is 5.57. The lowest BCUT2D eigenvalue weighted by Gasteiger charge is -2.48. The summed E-state index contributed by atoms with van der Waals surface area (Å²) in [4.78, 5) is 12.4. The molecular formula is C16H22N2O3. The number of methoxy groups -OCH3 is 1. The zero-order valence-corrected chi connectivity index (χ0v) is 12.3. The Balaban J connectivity index is 1.69. The van der Waals surface area contributed by atoms with Gasteiger partial charge >= 0.3 is 0 Å². The molecule has 3 rings (SSSR count). The highest BCUT2D eigenvalue weighted by Crippen LogP contribution is 2.38. The average molecular weight is 290 g/mol. The second-order valence-corrected chi connectivity index (χ2v) is 6.08. The van der Waals surface area contributed by atoms with Crippen molar-refractivity contribution in [1.82, 2.24) is 10.6 Å². The molecule has 1 heterocycles. The molecule has 3 N–H and O–H groups in total. The highest BCUT2D eigenvalue weighted by atomic mass is 16.5. The first-order chi connectivity index (χ1) is 10.1. The maximum atomic E-state index is 12.4. The molecule has 21 heavy (non-hydrogen) atoms. The standard InChI is InChI=1S/C16H22N2O3/c1-21-13-5-2-4-12(14(13)19)15(20)18-11-6-9-17-16(10-11)7-3-8-16/h2,4-5,11,17,19H,3,6-10H2,1H3,(H,18,20). The van der Waals surface area contributed by atoms with Gasteiger partial charge in [-0.05, 0) is 50.8 Å². The fourth-order valence-corrected chi connectivity index (χ4v) is 3.40. The van der Waals surface area contributed by atoms with Crippen molar-refractivity contribution in [1.29, 1.82) is 0 Å². The number of benzene rings is 1. The lowest BCUT2D eigenvalue weighted by atomic mass is 9.70. The summed E-state index contributed by atoms with van der Waals surface area (Å²) in [5.74, 6) is 0.000916. The summed E-state index contributed by atoms with van der Waals surface area (Å²) < 4.78 is 5.05. The first-order valence-corrected chi connectivity index (χ1v) is 7.55. The molecule has 0 bridgehead atoms. The zero-order chi connectivity index (χ0) is 14.9. The van der Waals surface area contributed by atoms with Crippen LogP contribution in [-0.4, -0.2) is 36.2 Å². The van der Waals surface area contributed by atoms with Crippen molar-refractivity contribution in [2.75, 3.05) is 13.7 Å². The van der Waals surface area contributed by atoms with Crippen LogP contribution in [-0.2, 0) is 0 Å². The van der Waals surface area contributed by atoms with Crippen molar-refractivity contribution in [3.8, 4) is 11.5 Å². The third-order valence-electron chi connectivity index (χ3n) is 4.74. The Morgan fingerprint density at radius 2 is 2.29 bits per heavy atom. The van der Waals surface area contributed by atoms with Crippen LogP contribution in [0.2, 0.25) is 0 Å². The van der Waals surface area contributed by atoms with E-state index in [9.17, 15) is 9.90 Å². The Labute approximate surface area is 124 Å². The van der Waals surface area contributed by atoms with Gasteiger partial charge in [-0.2, -0.15) is 0 Å². The molecule has 0 aromatic heterocycles. The Morgan fingerprint density at radius 1 is 1.48 bits per heavy atom. The van der Waals surface area contributed by atoms with Crippen molar-refractivity contribution in [2.45, 2.75) is 43.7 Å². The van der Waals surface area contributed by atoms with Gasteiger partial charge in [0.15, 0.2) is 11.5 Å². The van der Waals surface area contributed by atoms with Crippen LogP contribution in [0.5, 0.6) is 11.5 Å². The topological polar surface area (TPSA) is 70.6 Å². The van der Waals surface area contributed by atoms with E-state index in [4.69, 9.17) is 4.74 Å². The van der Waals surface area contributed by atoms with E-state index in [1.807, 2.05) is 0 Å². The monoisotopic (exact) mass is 290 g/mol. The van der Waals surface area contributed by atoms with E-state index in [0.29, 0.717) is 5.75 Å². The van der Waals surface area contributed by atoms with E-state index < -0.39 is 0 Å². The number of ether oxygens (including phenoxy) is 1. The molecule has 1 saturated carbocycles. The normalized spacial score (nSPS) is 23.4. The van der Waals surface area contributed by atoms with Crippen LogP contribution in [0.3, 0.4) is 0 Å². The number of carbonyl (C=O) groups excluding carboxylic acids is 1. The Morgan fingerprint density at radius 3 is 2.95 bits per heavy atom. The van der Waals surface area contributed by atoms with Crippen LogP contribution in [0.4, 0.5) is 0 Å². The average Bonchev–Trinajstić information content (AvgIpc) is 2.46. The molecule has 1 amide bonds. The lowest BCUT2D eigenvalue weighted by molar-refractivity contribution is 0.0850. The molecule has 1 aromatic rings. The Kier molecular flexibility index (Phi) is 3.76.